The van der Waals surface area contributed by atoms with Crippen LogP contribution in [0.2, 0.25) is 0 Å². The van der Waals surface area contributed by atoms with Gasteiger partial charge in [0, 0.05) is 18.7 Å². The summed E-state index contributed by atoms with van der Waals surface area (Å²) in [4.78, 5) is 14.7. The van der Waals surface area contributed by atoms with Crippen molar-refractivity contribution in [1.82, 2.24) is 10.5 Å². The van der Waals surface area contributed by atoms with Crippen molar-refractivity contribution in [2.24, 2.45) is 5.92 Å². The molecule has 2 atom stereocenters. The first-order valence-corrected chi connectivity index (χ1v) is 12.0. The van der Waals surface area contributed by atoms with Gasteiger partial charge < -0.3 is 24.2 Å². The number of aromatic nitrogens is 1. The van der Waals surface area contributed by atoms with Crippen LogP contribution < -0.4 is 19.7 Å². The summed E-state index contributed by atoms with van der Waals surface area (Å²) in [7, 11) is 0. The van der Waals surface area contributed by atoms with Gasteiger partial charge in [-0.3, -0.25) is 4.79 Å². The number of amides is 1. The highest BCUT2D eigenvalue weighted by molar-refractivity contribution is 5.94. The zero-order valence-corrected chi connectivity index (χ0v) is 19.7. The summed E-state index contributed by atoms with van der Waals surface area (Å²) < 4.78 is 17.1. The molecule has 2 aromatic carbocycles. The number of aryl methyl sites for hydroxylation is 1. The molecule has 1 aromatic heterocycles. The van der Waals surface area contributed by atoms with Crippen LogP contribution >= 0.6 is 0 Å². The molecule has 0 bridgehead atoms. The molecule has 1 amide bonds. The second kappa shape index (κ2) is 9.79. The van der Waals surface area contributed by atoms with Crippen molar-refractivity contribution in [3.8, 4) is 11.5 Å². The first-order chi connectivity index (χ1) is 16.5. The summed E-state index contributed by atoms with van der Waals surface area (Å²) in [5, 5.41) is 6.65. The molecule has 1 saturated heterocycles. The fourth-order valence-electron chi connectivity index (χ4n) is 4.21. The van der Waals surface area contributed by atoms with Gasteiger partial charge in [-0.25, -0.2) is 0 Å². The Bertz CT molecular complexity index is 1110. The standard InChI is InChI=1S/C27H31N3O4/c1-18(29-27(31)26-15-28-34-19(26)2)21-5-9-24(10-6-21)33-25-13-14-30(16-25)22-7-11-23(12-8-22)32-17-20-3-4-20/h5-12,15,18,20,25H,3-4,13-14,16-17H2,1-2H3,(H,29,31)/t18-,25+/m0/s1. The zero-order chi connectivity index (χ0) is 23.5. The lowest BCUT2D eigenvalue weighted by Crippen LogP contribution is -2.26. The van der Waals surface area contributed by atoms with E-state index in [1.165, 1.54) is 24.7 Å². The minimum absolute atomic E-state index is 0.144. The molecular weight excluding hydrogens is 430 g/mol. The number of nitrogens with one attached hydrogen (secondary N) is 1. The first kappa shape index (κ1) is 22.3. The van der Waals surface area contributed by atoms with E-state index in [2.05, 4.69) is 39.6 Å². The van der Waals surface area contributed by atoms with Crippen molar-refractivity contribution < 1.29 is 18.8 Å². The Morgan fingerprint density at radius 1 is 1.12 bits per heavy atom. The molecule has 1 saturated carbocycles. The molecule has 2 heterocycles. The number of nitrogens with zero attached hydrogens (tertiary/aromatic N) is 2. The summed E-state index contributed by atoms with van der Waals surface area (Å²) in [6, 6.07) is 16.2. The molecular formula is C27H31N3O4. The number of benzene rings is 2. The van der Waals surface area contributed by atoms with Crippen LogP contribution in [-0.4, -0.2) is 36.9 Å². The summed E-state index contributed by atoms with van der Waals surface area (Å²) in [6.45, 7) is 6.34. The average Bonchev–Trinajstić information content (AvgIpc) is 3.39. The molecule has 2 aliphatic rings. The van der Waals surface area contributed by atoms with Gasteiger partial charge in [0.05, 0.1) is 25.4 Å². The predicted molar refractivity (Wildman–Crippen MR) is 129 cm³/mol. The van der Waals surface area contributed by atoms with Gasteiger partial charge >= 0.3 is 0 Å². The summed E-state index contributed by atoms with van der Waals surface area (Å²) in [5.41, 5.74) is 2.66. The van der Waals surface area contributed by atoms with Crippen molar-refractivity contribution in [2.45, 2.75) is 45.3 Å². The molecule has 2 fully saturated rings. The van der Waals surface area contributed by atoms with Crippen LogP contribution in [0.15, 0.2) is 59.3 Å². The fraction of sp³-hybridized carbons (Fsp3) is 0.407. The lowest BCUT2D eigenvalue weighted by Gasteiger charge is -2.20. The Morgan fingerprint density at radius 3 is 2.53 bits per heavy atom. The van der Waals surface area contributed by atoms with Crippen molar-refractivity contribution in [1.29, 1.82) is 0 Å². The third-order valence-electron chi connectivity index (χ3n) is 6.56. The molecule has 0 radical (unpaired) electrons. The van der Waals surface area contributed by atoms with E-state index in [1.807, 2.05) is 31.2 Å². The zero-order valence-electron chi connectivity index (χ0n) is 19.7. The molecule has 178 valence electrons. The topological polar surface area (TPSA) is 76.8 Å². The van der Waals surface area contributed by atoms with Crippen LogP contribution in [0.3, 0.4) is 0 Å². The van der Waals surface area contributed by atoms with E-state index in [-0.39, 0.29) is 18.1 Å². The Labute approximate surface area is 200 Å². The molecule has 7 nitrogen and oxygen atoms in total. The van der Waals surface area contributed by atoms with Crippen molar-refractivity contribution in [3.05, 3.63) is 71.6 Å². The van der Waals surface area contributed by atoms with Crippen molar-refractivity contribution in [2.75, 3.05) is 24.6 Å². The van der Waals surface area contributed by atoms with Gasteiger partial charge in [0.25, 0.3) is 5.91 Å². The number of rotatable bonds is 9. The Balaban J connectivity index is 1.11. The molecule has 0 unspecified atom stereocenters. The number of hydrogen-bond donors (Lipinski definition) is 1. The van der Waals surface area contributed by atoms with Crippen LogP contribution in [0.1, 0.15) is 53.9 Å². The first-order valence-electron chi connectivity index (χ1n) is 12.0. The van der Waals surface area contributed by atoms with E-state index in [1.54, 1.807) is 6.92 Å². The van der Waals surface area contributed by atoms with Gasteiger partial charge in [-0.2, -0.15) is 0 Å². The van der Waals surface area contributed by atoms with E-state index < -0.39 is 0 Å². The summed E-state index contributed by atoms with van der Waals surface area (Å²) in [5.74, 6) is 2.87. The molecule has 0 spiro atoms. The number of ether oxygens (including phenoxy) is 2. The van der Waals surface area contributed by atoms with E-state index in [4.69, 9.17) is 14.0 Å². The largest absolute Gasteiger partial charge is 0.493 e. The minimum atomic E-state index is -0.194. The molecule has 1 N–H and O–H groups in total. The van der Waals surface area contributed by atoms with Crippen LogP contribution in [0.5, 0.6) is 11.5 Å². The quantitative estimate of drug-likeness (QED) is 0.487. The van der Waals surface area contributed by atoms with Crippen molar-refractivity contribution in [3.63, 3.8) is 0 Å². The Kier molecular flexibility index (Phi) is 6.43. The lowest BCUT2D eigenvalue weighted by atomic mass is 10.1. The average molecular weight is 462 g/mol. The van der Waals surface area contributed by atoms with Gasteiger partial charge in [0.2, 0.25) is 0 Å². The molecule has 5 rings (SSSR count). The number of carbonyl (C=O) groups is 1. The molecule has 7 heteroatoms. The fourth-order valence-corrected chi connectivity index (χ4v) is 4.21. The third-order valence-corrected chi connectivity index (χ3v) is 6.56. The van der Waals surface area contributed by atoms with Gasteiger partial charge in [-0.15, -0.1) is 0 Å². The van der Waals surface area contributed by atoms with Crippen LogP contribution in [0.25, 0.3) is 0 Å². The second-order valence-electron chi connectivity index (χ2n) is 9.28. The van der Waals surface area contributed by atoms with E-state index in [0.29, 0.717) is 11.3 Å². The predicted octanol–water partition coefficient (Wildman–Crippen LogP) is 4.92. The Morgan fingerprint density at radius 2 is 1.85 bits per heavy atom. The summed E-state index contributed by atoms with van der Waals surface area (Å²) >= 11 is 0. The van der Waals surface area contributed by atoms with Gasteiger partial charge in [0.15, 0.2) is 0 Å². The van der Waals surface area contributed by atoms with E-state index in [9.17, 15) is 4.79 Å². The maximum absolute atomic E-state index is 12.4. The summed E-state index contributed by atoms with van der Waals surface area (Å²) in [6.07, 6.45) is 5.16. The normalized spacial score (nSPS) is 18.5. The number of hydrogen-bond acceptors (Lipinski definition) is 6. The maximum atomic E-state index is 12.4. The van der Waals surface area contributed by atoms with Crippen LogP contribution in [-0.2, 0) is 0 Å². The molecule has 34 heavy (non-hydrogen) atoms. The molecule has 3 aromatic rings. The minimum Gasteiger partial charge on any atom is -0.493 e. The van der Waals surface area contributed by atoms with Gasteiger partial charge in [-0.05, 0) is 74.6 Å². The Hall–Kier alpha value is -3.48. The van der Waals surface area contributed by atoms with Gasteiger partial charge in [-0.1, -0.05) is 17.3 Å². The lowest BCUT2D eigenvalue weighted by molar-refractivity contribution is 0.0938. The smallest absolute Gasteiger partial charge is 0.256 e. The second-order valence-corrected chi connectivity index (χ2v) is 9.28. The van der Waals surface area contributed by atoms with E-state index >= 15 is 0 Å². The monoisotopic (exact) mass is 461 g/mol. The van der Waals surface area contributed by atoms with E-state index in [0.717, 1.165) is 49.1 Å². The highest BCUT2D eigenvalue weighted by Crippen LogP contribution is 2.30. The highest BCUT2D eigenvalue weighted by atomic mass is 16.5. The maximum Gasteiger partial charge on any atom is 0.256 e. The van der Waals surface area contributed by atoms with Gasteiger partial charge in [0.1, 0.15) is 28.9 Å². The van der Waals surface area contributed by atoms with Crippen molar-refractivity contribution >= 4 is 11.6 Å². The van der Waals surface area contributed by atoms with Crippen LogP contribution in [0.4, 0.5) is 5.69 Å². The third kappa shape index (κ3) is 5.35. The SMILES string of the molecule is Cc1oncc1C(=O)N[C@@H](C)c1ccc(O[C@@H]2CCN(c3ccc(OCC4CC4)cc3)C2)cc1. The molecule has 1 aliphatic heterocycles. The highest BCUT2D eigenvalue weighted by Gasteiger charge is 2.25. The number of carbonyl (C=O) groups excluding carboxylic acids is 1. The molecule has 1 aliphatic carbocycles. The van der Waals surface area contributed by atoms with Crippen LogP contribution in [0, 0.1) is 12.8 Å². The number of anilines is 1.